The van der Waals surface area contributed by atoms with E-state index in [1.54, 1.807) is 0 Å². The van der Waals surface area contributed by atoms with Crippen LogP contribution in [0.5, 0.6) is 0 Å². The van der Waals surface area contributed by atoms with Crippen LogP contribution in [-0.4, -0.2) is 48.9 Å². The Kier molecular flexibility index (Phi) is 7.13. The van der Waals surface area contributed by atoms with Crippen LogP contribution < -0.4 is 5.32 Å². The van der Waals surface area contributed by atoms with E-state index in [2.05, 4.69) is 5.32 Å². The summed E-state index contributed by atoms with van der Waals surface area (Å²) in [7, 11) is -4.44. The molecule has 2 aromatic rings. The maximum absolute atomic E-state index is 13.8. The first-order valence-corrected chi connectivity index (χ1v) is 11.3. The van der Waals surface area contributed by atoms with E-state index in [-0.39, 0.29) is 21.8 Å². The van der Waals surface area contributed by atoms with Crippen molar-refractivity contribution in [3.8, 4) is 0 Å². The lowest BCUT2D eigenvalue weighted by Gasteiger charge is -2.21. The zero-order chi connectivity index (χ0) is 23.7. The number of alkyl halides is 3. The molecule has 0 radical (unpaired) electrons. The molecule has 174 valence electrons. The maximum Gasteiger partial charge on any atom is 0.274 e. The SMILES string of the molecule is O=C(Nc1ccc(F)c(Cl)c1)c1ccc(CF)c(S(=O)(=O)N2CCC(O)C(F)(F)CC2)c1. The van der Waals surface area contributed by atoms with E-state index < -0.39 is 71.3 Å². The first-order valence-electron chi connectivity index (χ1n) is 9.47. The number of aliphatic hydroxyl groups excluding tert-OH is 1. The van der Waals surface area contributed by atoms with E-state index in [4.69, 9.17) is 11.6 Å². The van der Waals surface area contributed by atoms with Crippen molar-refractivity contribution < 1.29 is 35.9 Å². The number of halogens is 5. The molecule has 12 heteroatoms. The Morgan fingerprint density at radius 1 is 1.22 bits per heavy atom. The number of anilines is 1. The number of rotatable bonds is 5. The molecule has 0 saturated carbocycles. The summed E-state index contributed by atoms with van der Waals surface area (Å²) < 4.78 is 81.3. The summed E-state index contributed by atoms with van der Waals surface area (Å²) in [6.07, 6.45) is -3.39. The predicted molar refractivity (Wildman–Crippen MR) is 110 cm³/mol. The van der Waals surface area contributed by atoms with Crippen LogP contribution in [0.2, 0.25) is 5.02 Å². The second-order valence-corrected chi connectivity index (χ2v) is 9.57. The lowest BCUT2D eigenvalue weighted by atomic mass is 10.1. The lowest BCUT2D eigenvalue weighted by Crippen LogP contribution is -2.34. The Morgan fingerprint density at radius 2 is 1.94 bits per heavy atom. The van der Waals surface area contributed by atoms with Crippen molar-refractivity contribution in [1.82, 2.24) is 4.31 Å². The van der Waals surface area contributed by atoms with Crippen LogP contribution in [-0.2, 0) is 16.7 Å². The van der Waals surface area contributed by atoms with E-state index in [0.717, 1.165) is 28.6 Å². The largest absolute Gasteiger partial charge is 0.387 e. The molecule has 1 unspecified atom stereocenters. The van der Waals surface area contributed by atoms with Gasteiger partial charge in [-0.2, -0.15) is 4.31 Å². The third kappa shape index (κ3) is 5.06. The molecular formula is C20H19ClF4N2O4S. The zero-order valence-corrected chi connectivity index (χ0v) is 18.1. The van der Waals surface area contributed by atoms with Gasteiger partial charge in [0.1, 0.15) is 18.6 Å². The molecule has 1 fully saturated rings. The summed E-state index contributed by atoms with van der Waals surface area (Å²) in [6.45, 7) is -2.14. The summed E-state index contributed by atoms with van der Waals surface area (Å²) in [4.78, 5) is 12.0. The van der Waals surface area contributed by atoms with Crippen LogP contribution in [0, 0.1) is 5.82 Å². The van der Waals surface area contributed by atoms with Gasteiger partial charge in [0, 0.05) is 36.3 Å². The summed E-state index contributed by atoms with van der Waals surface area (Å²) in [5.41, 5.74) is -0.256. The second kappa shape index (κ2) is 9.34. The Morgan fingerprint density at radius 3 is 2.59 bits per heavy atom. The van der Waals surface area contributed by atoms with E-state index in [9.17, 15) is 35.9 Å². The highest BCUT2D eigenvalue weighted by Gasteiger charge is 2.43. The van der Waals surface area contributed by atoms with Crippen LogP contribution in [0.25, 0.3) is 0 Å². The van der Waals surface area contributed by atoms with Gasteiger partial charge in [0.2, 0.25) is 10.0 Å². The molecule has 1 heterocycles. The number of nitrogens with zero attached hydrogens (tertiary/aromatic N) is 1. The van der Waals surface area contributed by atoms with Gasteiger partial charge in [0.25, 0.3) is 11.8 Å². The molecule has 1 aliphatic rings. The van der Waals surface area contributed by atoms with Crippen molar-refractivity contribution >= 4 is 33.2 Å². The quantitative estimate of drug-likeness (QED) is 0.616. The van der Waals surface area contributed by atoms with Crippen LogP contribution in [0.1, 0.15) is 28.8 Å². The van der Waals surface area contributed by atoms with Crippen molar-refractivity contribution in [3.63, 3.8) is 0 Å². The number of aliphatic hydroxyl groups is 1. The van der Waals surface area contributed by atoms with Crippen LogP contribution in [0.15, 0.2) is 41.3 Å². The van der Waals surface area contributed by atoms with Gasteiger partial charge >= 0.3 is 0 Å². The monoisotopic (exact) mass is 494 g/mol. The number of carbonyl (C=O) groups is 1. The Bertz CT molecular complexity index is 1130. The molecule has 6 nitrogen and oxygen atoms in total. The van der Waals surface area contributed by atoms with Crippen molar-refractivity contribution in [1.29, 1.82) is 0 Å². The number of amides is 1. The van der Waals surface area contributed by atoms with Crippen LogP contribution >= 0.6 is 11.6 Å². The highest BCUT2D eigenvalue weighted by molar-refractivity contribution is 7.89. The Hall–Kier alpha value is -2.21. The normalized spacial score (nSPS) is 19.4. The van der Waals surface area contributed by atoms with Gasteiger partial charge in [-0.3, -0.25) is 4.79 Å². The summed E-state index contributed by atoms with van der Waals surface area (Å²) in [5, 5.41) is 11.7. The smallest absolute Gasteiger partial charge is 0.274 e. The molecule has 3 rings (SSSR count). The first kappa shape index (κ1) is 24.4. The molecule has 1 aliphatic heterocycles. The minimum Gasteiger partial charge on any atom is -0.387 e. The third-order valence-corrected chi connectivity index (χ3v) is 7.37. The molecule has 1 amide bonds. The van der Waals surface area contributed by atoms with Crippen molar-refractivity contribution in [3.05, 3.63) is 58.4 Å². The third-order valence-electron chi connectivity index (χ3n) is 5.10. The maximum atomic E-state index is 13.8. The molecule has 2 N–H and O–H groups in total. The fourth-order valence-electron chi connectivity index (χ4n) is 3.23. The number of hydrogen-bond donors (Lipinski definition) is 2. The van der Waals surface area contributed by atoms with Gasteiger partial charge in [-0.15, -0.1) is 0 Å². The number of hydrogen-bond acceptors (Lipinski definition) is 4. The summed E-state index contributed by atoms with van der Waals surface area (Å²) in [5.74, 6) is -4.92. The zero-order valence-electron chi connectivity index (χ0n) is 16.5. The number of benzene rings is 2. The van der Waals surface area contributed by atoms with Gasteiger partial charge in [0.05, 0.1) is 9.92 Å². The average molecular weight is 495 g/mol. The minimum absolute atomic E-state index is 0.143. The predicted octanol–water partition coefficient (Wildman–Crippen LogP) is 3.98. The Labute approximate surface area is 186 Å². The fourth-order valence-corrected chi connectivity index (χ4v) is 5.10. The highest BCUT2D eigenvalue weighted by Crippen LogP contribution is 2.32. The number of sulfonamides is 1. The van der Waals surface area contributed by atoms with Gasteiger partial charge in [-0.1, -0.05) is 17.7 Å². The van der Waals surface area contributed by atoms with Crippen LogP contribution in [0.3, 0.4) is 0 Å². The minimum atomic E-state index is -4.44. The lowest BCUT2D eigenvalue weighted by molar-refractivity contribution is -0.108. The molecule has 1 atom stereocenters. The highest BCUT2D eigenvalue weighted by atomic mass is 35.5. The van der Waals surface area contributed by atoms with Crippen LogP contribution in [0.4, 0.5) is 23.2 Å². The van der Waals surface area contributed by atoms with Gasteiger partial charge in [0.15, 0.2) is 0 Å². The van der Waals surface area contributed by atoms with E-state index in [1.165, 1.54) is 12.1 Å². The second-order valence-electron chi connectivity index (χ2n) is 7.26. The molecule has 0 spiro atoms. The van der Waals surface area contributed by atoms with Gasteiger partial charge < -0.3 is 10.4 Å². The number of nitrogens with one attached hydrogen (secondary N) is 1. The van der Waals surface area contributed by atoms with E-state index in [1.807, 2.05) is 0 Å². The average Bonchev–Trinajstić information content (AvgIpc) is 2.88. The molecule has 0 aliphatic carbocycles. The molecule has 0 bridgehead atoms. The Balaban J connectivity index is 1.91. The van der Waals surface area contributed by atoms with Gasteiger partial charge in [-0.25, -0.2) is 26.0 Å². The van der Waals surface area contributed by atoms with Crippen molar-refractivity contribution in [2.45, 2.75) is 36.4 Å². The number of carbonyl (C=O) groups excluding carboxylic acids is 1. The summed E-state index contributed by atoms with van der Waals surface area (Å²) >= 11 is 5.67. The standard InChI is InChI=1S/C20H19ClF4N2O4S/c21-15-10-14(3-4-16(15)23)26-19(29)12-1-2-13(11-22)17(9-12)32(30,31)27-7-5-18(28)20(24,25)6-8-27/h1-4,9-10,18,28H,5-8,11H2,(H,26,29). The molecular weight excluding hydrogens is 476 g/mol. The van der Waals surface area contributed by atoms with Crippen molar-refractivity contribution in [2.75, 3.05) is 18.4 Å². The fraction of sp³-hybridized carbons (Fsp3) is 0.350. The van der Waals surface area contributed by atoms with Gasteiger partial charge in [-0.05, 0) is 36.8 Å². The molecule has 1 saturated heterocycles. The topological polar surface area (TPSA) is 86.7 Å². The van der Waals surface area contributed by atoms with E-state index in [0.29, 0.717) is 0 Å². The summed E-state index contributed by atoms with van der Waals surface area (Å²) in [6, 6.07) is 6.70. The molecule has 2 aromatic carbocycles. The van der Waals surface area contributed by atoms with Crippen molar-refractivity contribution in [2.24, 2.45) is 0 Å². The first-order chi connectivity index (χ1) is 15.0. The molecule has 0 aromatic heterocycles. The molecule has 32 heavy (non-hydrogen) atoms. The van der Waals surface area contributed by atoms with E-state index >= 15 is 0 Å².